The lowest BCUT2D eigenvalue weighted by molar-refractivity contribution is -0.174. The Morgan fingerprint density at radius 3 is 2.36 bits per heavy atom. The molecule has 4 saturated carbocycles. The number of hydrogen-bond donors (Lipinski definition) is 3. The Labute approximate surface area is 218 Å². The normalized spacial score (nSPS) is 43.2. The van der Waals surface area contributed by atoms with Gasteiger partial charge in [0.1, 0.15) is 0 Å². The minimum Gasteiger partial charge on any atom is -0.393 e. The fourth-order valence-electron chi connectivity index (χ4n) is 9.57. The zero-order valence-corrected chi connectivity index (χ0v) is 23.5. The van der Waals surface area contributed by atoms with Gasteiger partial charge in [-0.1, -0.05) is 20.8 Å². The molecule has 7 nitrogen and oxygen atoms in total. The maximum Gasteiger partial charge on any atom is 0.266 e. The van der Waals surface area contributed by atoms with Crippen LogP contribution in [0.4, 0.5) is 0 Å². The van der Waals surface area contributed by atoms with Crippen molar-refractivity contribution < 1.29 is 28.0 Å². The van der Waals surface area contributed by atoms with Gasteiger partial charge in [-0.3, -0.25) is 9.35 Å². The van der Waals surface area contributed by atoms with Crippen LogP contribution in [-0.4, -0.2) is 65.0 Å². The largest absolute Gasteiger partial charge is 0.393 e. The van der Waals surface area contributed by atoms with Gasteiger partial charge in [-0.15, -0.1) is 0 Å². The third-order valence-corrected chi connectivity index (χ3v) is 12.3. The van der Waals surface area contributed by atoms with E-state index in [0.717, 1.165) is 51.4 Å². The van der Waals surface area contributed by atoms with Crippen molar-refractivity contribution in [2.24, 2.45) is 46.3 Å². The molecular weight excluding hydrogens is 478 g/mol. The van der Waals surface area contributed by atoms with E-state index in [1.165, 1.54) is 11.3 Å². The average molecular weight is 528 g/mol. The summed E-state index contributed by atoms with van der Waals surface area (Å²) >= 11 is 0. The van der Waals surface area contributed by atoms with Crippen molar-refractivity contribution in [3.8, 4) is 0 Å². The standard InChI is InChI=1S/C28H49NO6S/c1-5-29(14-15-36(33,34)35)25(32)9-6-18(2)21-7-8-22-26-23(11-13-28(21,22)4)27(3)12-10-20(30)16-19(27)17-24(26)31/h18-24,26,30-31H,5-17H2,1-4H3,(H,33,34,35)/t18-,19?,20-,21-,22?,23?,24+,26?,27+,28-/m1/s1. The fourth-order valence-corrected chi connectivity index (χ4v) is 10.0. The zero-order chi connectivity index (χ0) is 26.5. The lowest BCUT2D eigenvalue weighted by Crippen LogP contribution is -2.58. The van der Waals surface area contributed by atoms with Crippen LogP contribution in [0, 0.1) is 46.3 Å². The summed E-state index contributed by atoms with van der Waals surface area (Å²) in [7, 11) is -4.08. The van der Waals surface area contributed by atoms with E-state index >= 15 is 0 Å². The number of hydrogen-bond acceptors (Lipinski definition) is 5. The van der Waals surface area contributed by atoms with E-state index in [4.69, 9.17) is 4.55 Å². The number of nitrogens with zero attached hydrogens (tertiary/aromatic N) is 1. The van der Waals surface area contributed by atoms with Crippen LogP contribution in [-0.2, 0) is 14.9 Å². The highest BCUT2D eigenvalue weighted by Gasteiger charge is 2.62. The van der Waals surface area contributed by atoms with E-state index in [1.807, 2.05) is 6.92 Å². The third kappa shape index (κ3) is 5.26. The molecule has 4 aliphatic carbocycles. The quantitative estimate of drug-likeness (QED) is 0.409. The molecule has 1 amide bonds. The molecule has 0 spiro atoms. The molecule has 4 rings (SSSR count). The molecule has 0 aliphatic heterocycles. The molecule has 0 aromatic rings. The smallest absolute Gasteiger partial charge is 0.266 e. The minimum absolute atomic E-state index is 0.0313. The highest BCUT2D eigenvalue weighted by atomic mass is 32.2. The van der Waals surface area contributed by atoms with E-state index < -0.39 is 15.9 Å². The molecule has 8 heteroatoms. The van der Waals surface area contributed by atoms with Crippen LogP contribution in [0.1, 0.15) is 91.9 Å². The molecule has 0 bridgehead atoms. The van der Waals surface area contributed by atoms with Crippen LogP contribution in [0.15, 0.2) is 0 Å². The van der Waals surface area contributed by atoms with E-state index in [0.29, 0.717) is 48.5 Å². The molecule has 4 unspecified atom stereocenters. The van der Waals surface area contributed by atoms with Crippen LogP contribution in [0.2, 0.25) is 0 Å². The summed E-state index contributed by atoms with van der Waals surface area (Å²) in [5.74, 6) is 2.26. The second kappa shape index (κ2) is 10.5. The first-order valence-electron chi connectivity index (χ1n) is 14.4. The summed E-state index contributed by atoms with van der Waals surface area (Å²) in [6.07, 6.45) is 8.94. The van der Waals surface area contributed by atoms with Crippen molar-refractivity contribution in [1.29, 1.82) is 0 Å². The first-order valence-corrected chi connectivity index (χ1v) is 16.0. The van der Waals surface area contributed by atoms with Crippen molar-refractivity contribution in [1.82, 2.24) is 4.90 Å². The highest BCUT2D eigenvalue weighted by molar-refractivity contribution is 7.85. The van der Waals surface area contributed by atoms with E-state index in [2.05, 4.69) is 20.8 Å². The second-order valence-electron chi connectivity index (χ2n) is 13.2. The van der Waals surface area contributed by atoms with Gasteiger partial charge in [0.15, 0.2) is 0 Å². The Morgan fingerprint density at radius 2 is 1.69 bits per heavy atom. The summed E-state index contributed by atoms with van der Waals surface area (Å²) in [5, 5.41) is 21.7. The van der Waals surface area contributed by atoms with Gasteiger partial charge in [-0.2, -0.15) is 8.42 Å². The first kappa shape index (κ1) is 28.3. The molecule has 0 heterocycles. The molecule has 0 aromatic carbocycles. The summed E-state index contributed by atoms with van der Waals surface area (Å²) in [5.41, 5.74) is 0.406. The van der Waals surface area contributed by atoms with Gasteiger partial charge in [0.05, 0.1) is 18.0 Å². The van der Waals surface area contributed by atoms with Crippen LogP contribution >= 0.6 is 0 Å². The number of carbonyl (C=O) groups excluding carboxylic acids is 1. The lowest BCUT2D eigenvalue weighted by Gasteiger charge is -2.62. The molecule has 0 aromatic heterocycles. The number of carbonyl (C=O) groups is 1. The summed E-state index contributed by atoms with van der Waals surface area (Å²) < 4.78 is 31.3. The van der Waals surface area contributed by atoms with Gasteiger partial charge >= 0.3 is 0 Å². The van der Waals surface area contributed by atoms with E-state index in [-0.39, 0.29) is 35.5 Å². The van der Waals surface area contributed by atoms with Gasteiger partial charge in [0.25, 0.3) is 10.1 Å². The van der Waals surface area contributed by atoms with Crippen molar-refractivity contribution in [2.75, 3.05) is 18.8 Å². The van der Waals surface area contributed by atoms with Crippen LogP contribution in [0.25, 0.3) is 0 Å². The Balaban J connectivity index is 1.41. The van der Waals surface area contributed by atoms with Crippen LogP contribution in [0.3, 0.4) is 0 Å². The molecule has 0 saturated heterocycles. The van der Waals surface area contributed by atoms with E-state index in [1.54, 1.807) is 0 Å². The number of amides is 1. The predicted molar refractivity (Wildman–Crippen MR) is 140 cm³/mol. The molecule has 10 atom stereocenters. The summed E-state index contributed by atoms with van der Waals surface area (Å²) in [4.78, 5) is 14.3. The molecule has 208 valence electrons. The van der Waals surface area contributed by atoms with Gasteiger partial charge < -0.3 is 15.1 Å². The predicted octanol–water partition coefficient (Wildman–Crippen LogP) is 4.13. The number of aliphatic hydroxyl groups is 2. The molecule has 3 N–H and O–H groups in total. The van der Waals surface area contributed by atoms with Gasteiger partial charge in [0, 0.05) is 19.5 Å². The maximum atomic E-state index is 12.8. The Bertz CT molecular complexity index is 910. The SMILES string of the molecule is CCN(CCS(=O)(=O)O)C(=O)CC[C@@H](C)[C@H]1CCC2C3C(CC[C@@]21C)[C@@]1(C)CC[C@@H](O)CC1C[C@@H]3O. The lowest BCUT2D eigenvalue weighted by atomic mass is 9.43. The molecular formula is C28H49NO6S. The fraction of sp³-hybridized carbons (Fsp3) is 0.964. The van der Waals surface area contributed by atoms with Gasteiger partial charge in [-0.05, 0) is 111 Å². The van der Waals surface area contributed by atoms with Crippen molar-refractivity contribution in [3.63, 3.8) is 0 Å². The second-order valence-corrected chi connectivity index (χ2v) is 14.8. The van der Waals surface area contributed by atoms with Crippen LogP contribution in [0.5, 0.6) is 0 Å². The number of aliphatic hydroxyl groups excluding tert-OH is 2. The number of fused-ring (bicyclic) bond motifs is 5. The summed E-state index contributed by atoms with van der Waals surface area (Å²) in [6, 6.07) is 0. The topological polar surface area (TPSA) is 115 Å². The minimum atomic E-state index is -4.08. The molecule has 0 radical (unpaired) electrons. The molecule has 36 heavy (non-hydrogen) atoms. The van der Waals surface area contributed by atoms with Crippen molar-refractivity contribution in [3.05, 3.63) is 0 Å². The maximum absolute atomic E-state index is 12.8. The number of rotatable bonds is 8. The van der Waals surface area contributed by atoms with E-state index in [9.17, 15) is 23.4 Å². The first-order chi connectivity index (χ1) is 16.8. The Kier molecular flexibility index (Phi) is 8.23. The molecule has 4 aliphatic rings. The Morgan fingerprint density at radius 1 is 1.03 bits per heavy atom. The summed E-state index contributed by atoms with van der Waals surface area (Å²) in [6.45, 7) is 9.45. The van der Waals surface area contributed by atoms with Gasteiger partial charge in [-0.25, -0.2) is 0 Å². The van der Waals surface area contributed by atoms with Crippen molar-refractivity contribution >= 4 is 16.0 Å². The zero-order valence-electron chi connectivity index (χ0n) is 22.7. The average Bonchev–Trinajstić information content (AvgIpc) is 3.15. The van der Waals surface area contributed by atoms with Gasteiger partial charge in [0.2, 0.25) is 5.91 Å². The Hall–Kier alpha value is -0.700. The van der Waals surface area contributed by atoms with Crippen LogP contribution < -0.4 is 0 Å². The highest BCUT2D eigenvalue weighted by Crippen LogP contribution is 2.68. The third-order valence-electron chi connectivity index (χ3n) is 11.6. The monoisotopic (exact) mass is 527 g/mol. The van der Waals surface area contributed by atoms with Crippen molar-refractivity contribution in [2.45, 2.75) is 104 Å². The molecule has 4 fully saturated rings.